The lowest BCUT2D eigenvalue weighted by Gasteiger charge is -2.47. The number of hydrogen-bond donors (Lipinski definition) is 0. The van der Waals surface area contributed by atoms with Gasteiger partial charge in [-0.1, -0.05) is 11.6 Å². The summed E-state index contributed by atoms with van der Waals surface area (Å²) < 4.78 is 45.8. The number of pyridine rings is 1. The molecule has 41 heavy (non-hydrogen) atoms. The molecule has 6 rings (SSSR count). The van der Waals surface area contributed by atoms with Gasteiger partial charge in [-0.25, -0.2) is 27.1 Å². The van der Waals surface area contributed by atoms with E-state index in [9.17, 15) is 13.6 Å². The summed E-state index contributed by atoms with van der Waals surface area (Å²) in [6, 6.07) is 9.16. The predicted molar refractivity (Wildman–Crippen MR) is 156 cm³/mol. The lowest BCUT2D eigenvalue weighted by atomic mass is 9.98. The molecule has 4 heterocycles. The minimum absolute atomic E-state index is 0.162. The topological polar surface area (TPSA) is 121 Å². The fourth-order valence-corrected chi connectivity index (χ4v) is 6.73. The average Bonchev–Trinajstić information content (AvgIpc) is 3.19. The maximum absolute atomic E-state index is 15.5. The maximum atomic E-state index is 15.5. The summed E-state index contributed by atoms with van der Waals surface area (Å²) in [4.78, 5) is 17.2. The molecule has 0 radical (unpaired) electrons. The summed E-state index contributed by atoms with van der Waals surface area (Å²) in [5, 5.41) is 15.4. The number of hydrogen-bond acceptors (Lipinski definition) is 8. The van der Waals surface area contributed by atoms with Gasteiger partial charge in [0.25, 0.3) is 0 Å². The number of piperidine rings is 1. The van der Waals surface area contributed by atoms with Gasteiger partial charge in [-0.2, -0.15) is 4.99 Å². The van der Waals surface area contributed by atoms with Gasteiger partial charge in [0.2, 0.25) is 15.9 Å². The third kappa shape index (κ3) is 4.85. The Labute approximate surface area is 241 Å². The maximum Gasteiger partial charge on any atom is 0.322 e. The molecule has 0 saturated carbocycles. The number of ether oxygens (including phenoxy) is 1. The fraction of sp³-hybridized carbons (Fsp3) is 0.286. The Morgan fingerprint density at radius 2 is 1.85 bits per heavy atom. The summed E-state index contributed by atoms with van der Waals surface area (Å²) in [5.41, 5.74) is 2.45. The van der Waals surface area contributed by atoms with E-state index in [1.807, 2.05) is 6.92 Å². The van der Waals surface area contributed by atoms with Crippen LogP contribution in [0.4, 0.5) is 15.8 Å². The number of nitrogens with zero attached hydrogens (tertiary/aromatic N) is 6. The summed E-state index contributed by atoms with van der Waals surface area (Å²) >= 11 is 6.61. The number of aliphatic imine (C=N–C) groups is 1. The van der Waals surface area contributed by atoms with Gasteiger partial charge in [0.05, 0.1) is 28.4 Å². The Balaban J connectivity index is 1.40. The van der Waals surface area contributed by atoms with Crippen LogP contribution < -0.4 is 9.38 Å². The quantitative estimate of drug-likeness (QED) is 0.208. The van der Waals surface area contributed by atoms with Crippen molar-refractivity contribution in [1.82, 2.24) is 23.9 Å². The lowest BCUT2D eigenvalue weighted by Crippen LogP contribution is -2.58. The number of fused-ring (bicyclic) bond motifs is 3. The average molecular weight is 597 g/mol. The van der Waals surface area contributed by atoms with Crippen molar-refractivity contribution < 1.29 is 17.5 Å². The van der Waals surface area contributed by atoms with Crippen LogP contribution in [0.15, 0.2) is 53.8 Å². The number of rotatable bonds is 5. The summed E-state index contributed by atoms with van der Waals surface area (Å²) in [5.74, 6) is 0.160. The number of aromatic nitrogens is 3. The molecule has 10 nitrogen and oxygen atoms in total. The Hall–Kier alpha value is -3.55. The second kappa shape index (κ2) is 10.1. The molecule has 0 N–H and O–H groups in total. The number of aryl methyl sites for hydroxylation is 1. The first kappa shape index (κ1) is 27.6. The zero-order valence-corrected chi connectivity index (χ0v) is 24.1. The normalized spacial score (nSPS) is 19.8. The highest BCUT2D eigenvalue weighted by molar-refractivity contribution is 7.88. The van der Waals surface area contributed by atoms with E-state index in [1.165, 1.54) is 22.8 Å². The van der Waals surface area contributed by atoms with E-state index in [4.69, 9.17) is 16.3 Å². The van der Waals surface area contributed by atoms with Crippen LogP contribution in [0, 0.1) is 17.9 Å². The van der Waals surface area contributed by atoms with E-state index in [1.54, 1.807) is 43.5 Å². The van der Waals surface area contributed by atoms with Crippen molar-refractivity contribution in [3.63, 3.8) is 0 Å². The number of halogens is 2. The number of amidine groups is 1. The molecule has 0 bridgehead atoms. The van der Waals surface area contributed by atoms with Crippen LogP contribution in [-0.2, 0) is 10.0 Å². The van der Waals surface area contributed by atoms with Crippen molar-refractivity contribution in [3.8, 4) is 22.9 Å². The summed E-state index contributed by atoms with van der Waals surface area (Å²) in [6.45, 7) is 3.97. The summed E-state index contributed by atoms with van der Waals surface area (Å²) in [7, 11) is -3.36. The minimum Gasteiger partial charge on any atom is -0.621 e. The van der Waals surface area contributed by atoms with Crippen LogP contribution >= 0.6 is 11.6 Å². The Morgan fingerprint density at radius 1 is 1.10 bits per heavy atom. The second-order valence-electron chi connectivity index (χ2n) is 10.3. The fourth-order valence-electron chi connectivity index (χ4n) is 5.58. The molecule has 0 spiro atoms. The molecule has 2 aliphatic heterocycles. The lowest BCUT2D eigenvalue weighted by molar-refractivity contribution is 0.248. The molecule has 1 saturated heterocycles. The summed E-state index contributed by atoms with van der Waals surface area (Å²) in [6.07, 6.45) is 4.95. The number of hydroxylamine groups is 2. The molecule has 13 heteroatoms. The molecule has 2 aromatic carbocycles. The first-order valence-electron chi connectivity index (χ1n) is 13.0. The van der Waals surface area contributed by atoms with Crippen LogP contribution in [0.2, 0.25) is 5.02 Å². The molecule has 2 aliphatic rings. The number of quaternary nitrogens is 1. The van der Waals surface area contributed by atoms with Crippen molar-refractivity contribution in [2.75, 3.05) is 19.3 Å². The molecule has 1 unspecified atom stereocenters. The van der Waals surface area contributed by atoms with E-state index in [0.717, 1.165) is 5.69 Å². The highest BCUT2D eigenvalue weighted by Crippen LogP contribution is 2.49. The van der Waals surface area contributed by atoms with Crippen molar-refractivity contribution in [3.05, 3.63) is 70.5 Å². The minimum atomic E-state index is -3.36. The zero-order valence-electron chi connectivity index (χ0n) is 22.5. The van der Waals surface area contributed by atoms with Crippen LogP contribution in [0.1, 0.15) is 25.5 Å². The zero-order chi connectivity index (χ0) is 29.1. The van der Waals surface area contributed by atoms with E-state index in [-0.39, 0.29) is 29.7 Å². The van der Waals surface area contributed by atoms with Crippen LogP contribution in [0.25, 0.3) is 22.0 Å². The van der Waals surface area contributed by atoms with Gasteiger partial charge in [0.15, 0.2) is 5.69 Å². The predicted octanol–water partition coefficient (Wildman–Crippen LogP) is 5.88. The highest BCUT2D eigenvalue weighted by atomic mass is 35.5. The van der Waals surface area contributed by atoms with E-state index in [2.05, 4.69) is 19.9 Å². The Bertz CT molecular complexity index is 1850. The SMILES string of the molecule is CC1=Nc2cnc3cc(F)c(-c4ccc(Oc5nccc(C)n5)cc4Cl)cc3c2[N+]1([O-])C1CCN(S(C)(=O)=O)CC1. The molecular weight excluding hydrogens is 571 g/mol. The Morgan fingerprint density at radius 3 is 2.54 bits per heavy atom. The van der Waals surface area contributed by atoms with Gasteiger partial charge in [-0.05, 0) is 31.2 Å². The monoisotopic (exact) mass is 596 g/mol. The molecule has 1 atom stereocenters. The largest absolute Gasteiger partial charge is 0.621 e. The van der Waals surface area contributed by atoms with Crippen molar-refractivity contribution in [1.29, 1.82) is 0 Å². The van der Waals surface area contributed by atoms with E-state index < -0.39 is 26.5 Å². The molecule has 2 aromatic heterocycles. The molecule has 1 fully saturated rings. The Kier molecular flexibility index (Phi) is 6.78. The van der Waals surface area contributed by atoms with Crippen LogP contribution in [-0.4, -0.2) is 58.9 Å². The van der Waals surface area contributed by atoms with E-state index in [0.29, 0.717) is 52.3 Å². The van der Waals surface area contributed by atoms with Gasteiger partial charge in [0.1, 0.15) is 23.3 Å². The molecule has 212 valence electrons. The van der Waals surface area contributed by atoms with Gasteiger partial charge in [-0.15, -0.1) is 0 Å². The van der Waals surface area contributed by atoms with Gasteiger partial charge < -0.3 is 9.94 Å². The van der Waals surface area contributed by atoms with Crippen LogP contribution in [0.5, 0.6) is 11.8 Å². The molecule has 0 amide bonds. The molecule has 4 aromatic rings. The standard InChI is InChI=1S/C28H26ClFN6O4S/c1-16-6-9-31-28(33-16)40-19-4-5-20(23(29)12-19)21-13-22-25(14-24(21)30)32-15-26-27(22)36(37,17(2)34-26)18-7-10-35(11-8-18)41(3,38)39/h4-6,9,12-15,18H,7-8,10-11H2,1-3H3. The third-order valence-corrected chi connectivity index (χ3v) is 9.24. The van der Waals surface area contributed by atoms with Crippen molar-refractivity contribution >= 4 is 49.7 Å². The highest BCUT2D eigenvalue weighted by Gasteiger charge is 2.44. The first-order chi connectivity index (χ1) is 19.4. The van der Waals surface area contributed by atoms with Crippen molar-refractivity contribution in [2.45, 2.75) is 32.7 Å². The first-order valence-corrected chi connectivity index (χ1v) is 15.2. The van der Waals surface area contributed by atoms with Gasteiger partial charge in [-0.3, -0.25) is 9.63 Å². The molecular formula is C28H26ClFN6O4S. The van der Waals surface area contributed by atoms with Gasteiger partial charge in [0, 0.05) is 68.0 Å². The second-order valence-corrected chi connectivity index (χ2v) is 12.7. The van der Waals surface area contributed by atoms with Crippen molar-refractivity contribution in [2.24, 2.45) is 4.99 Å². The third-order valence-electron chi connectivity index (χ3n) is 7.62. The smallest absolute Gasteiger partial charge is 0.322 e. The molecule has 0 aliphatic carbocycles. The van der Waals surface area contributed by atoms with Gasteiger partial charge >= 0.3 is 6.01 Å². The van der Waals surface area contributed by atoms with Crippen LogP contribution in [0.3, 0.4) is 0 Å². The number of benzene rings is 2. The van der Waals surface area contributed by atoms with E-state index >= 15 is 4.39 Å². The number of sulfonamides is 1.